The van der Waals surface area contributed by atoms with Crippen LogP contribution in [0.5, 0.6) is 0 Å². The number of hydrogen-bond donors (Lipinski definition) is 1. The molecule has 4 aromatic rings. The fourth-order valence-corrected chi connectivity index (χ4v) is 2.91. The second kappa shape index (κ2) is 6.98. The summed E-state index contributed by atoms with van der Waals surface area (Å²) in [6.07, 6.45) is 0.0795. The Labute approximate surface area is 154 Å². The van der Waals surface area contributed by atoms with Crippen LogP contribution in [-0.4, -0.2) is 24.8 Å². The number of nitriles is 2. The Morgan fingerprint density at radius 3 is 2.56 bits per heavy atom. The minimum absolute atomic E-state index is 0.0795. The van der Waals surface area contributed by atoms with Crippen molar-refractivity contribution >= 4 is 16.9 Å². The molecule has 0 bridgehead atoms. The predicted octanol–water partition coefficient (Wildman–Crippen LogP) is 2.62. The summed E-state index contributed by atoms with van der Waals surface area (Å²) in [5.74, 6) is 0.596. The number of para-hydroxylation sites is 2. The van der Waals surface area contributed by atoms with Gasteiger partial charge in [-0.25, -0.2) is 9.36 Å². The molecule has 0 unspecified atom stereocenters. The Morgan fingerprint density at radius 1 is 1.00 bits per heavy atom. The van der Waals surface area contributed by atoms with Gasteiger partial charge < -0.3 is 5.32 Å². The average molecular weight is 354 g/mol. The molecule has 8 nitrogen and oxygen atoms in total. The average Bonchev–Trinajstić information content (AvgIpc) is 3.29. The number of benzene rings is 2. The molecule has 8 heteroatoms. The van der Waals surface area contributed by atoms with Gasteiger partial charge >= 0.3 is 0 Å². The molecular weight excluding hydrogens is 340 g/mol. The lowest BCUT2D eigenvalue weighted by atomic mass is 10.2. The summed E-state index contributed by atoms with van der Waals surface area (Å²) < 4.78 is 3.37. The maximum atomic E-state index is 9.43. The number of hydrogen-bond acceptors (Lipinski definition) is 6. The molecule has 0 spiro atoms. The minimum atomic E-state index is 0.0795. The largest absolute Gasteiger partial charge is 0.350 e. The molecule has 0 saturated carbocycles. The molecule has 4 rings (SSSR count). The van der Waals surface area contributed by atoms with Gasteiger partial charge in [-0.15, -0.1) is 5.10 Å². The van der Waals surface area contributed by atoms with E-state index in [2.05, 4.69) is 32.9 Å². The van der Waals surface area contributed by atoms with Crippen molar-refractivity contribution in [2.24, 2.45) is 0 Å². The van der Waals surface area contributed by atoms with E-state index in [9.17, 15) is 10.5 Å². The van der Waals surface area contributed by atoms with Gasteiger partial charge in [0, 0.05) is 5.56 Å². The summed E-state index contributed by atoms with van der Waals surface area (Å²) in [7, 11) is 0. The van der Waals surface area contributed by atoms with E-state index in [1.54, 1.807) is 9.36 Å². The molecule has 130 valence electrons. The normalized spacial score (nSPS) is 10.4. The molecule has 0 amide bonds. The smallest absolute Gasteiger partial charge is 0.169 e. The molecule has 0 aliphatic rings. The second-order valence-electron chi connectivity index (χ2n) is 5.78. The van der Waals surface area contributed by atoms with E-state index >= 15 is 0 Å². The van der Waals surface area contributed by atoms with E-state index < -0.39 is 0 Å². The number of rotatable bonds is 5. The lowest BCUT2D eigenvalue weighted by Gasteiger charge is -2.11. The maximum absolute atomic E-state index is 9.43. The standard InChI is InChI=1S/C19H14N8/c20-11-10-15-17(12-21)24-27(14-6-2-1-3-7-14)19(15)22-13-26-18-9-5-4-8-16(18)23-25-26/h1-9,22H,10,13H2. The number of nitrogens with zero attached hydrogens (tertiary/aromatic N) is 7. The summed E-state index contributed by atoms with van der Waals surface area (Å²) in [5.41, 5.74) is 3.27. The summed E-state index contributed by atoms with van der Waals surface area (Å²) in [6.45, 7) is 0.322. The Kier molecular flexibility index (Phi) is 4.22. The topological polar surface area (TPSA) is 108 Å². The highest BCUT2D eigenvalue weighted by atomic mass is 15.5. The highest BCUT2D eigenvalue weighted by Crippen LogP contribution is 2.24. The minimum Gasteiger partial charge on any atom is -0.350 e. The third kappa shape index (κ3) is 2.96. The van der Waals surface area contributed by atoms with E-state index in [1.807, 2.05) is 54.6 Å². The third-order valence-corrected chi connectivity index (χ3v) is 4.16. The first-order valence-corrected chi connectivity index (χ1v) is 8.28. The van der Waals surface area contributed by atoms with Crippen LogP contribution in [0.1, 0.15) is 11.3 Å². The Hall–Kier alpha value is -4.17. The van der Waals surface area contributed by atoms with Crippen LogP contribution in [0.15, 0.2) is 54.6 Å². The van der Waals surface area contributed by atoms with Crippen molar-refractivity contribution in [2.75, 3.05) is 5.32 Å². The van der Waals surface area contributed by atoms with E-state index in [1.165, 1.54) is 0 Å². The number of fused-ring (bicyclic) bond motifs is 1. The lowest BCUT2D eigenvalue weighted by Crippen LogP contribution is -2.13. The first-order chi connectivity index (χ1) is 13.3. The monoisotopic (exact) mass is 354 g/mol. The van der Waals surface area contributed by atoms with E-state index in [4.69, 9.17) is 0 Å². The Balaban J connectivity index is 1.75. The SMILES string of the molecule is N#CCc1c(C#N)nn(-c2ccccc2)c1NCn1nnc2ccccc21. The Bertz CT molecular complexity index is 1170. The zero-order valence-corrected chi connectivity index (χ0v) is 14.2. The first kappa shape index (κ1) is 16.3. The summed E-state index contributed by atoms with van der Waals surface area (Å²) in [6, 6.07) is 21.3. The summed E-state index contributed by atoms with van der Waals surface area (Å²) >= 11 is 0. The van der Waals surface area contributed by atoms with Crippen molar-refractivity contribution in [3.8, 4) is 17.8 Å². The molecule has 0 saturated heterocycles. The van der Waals surface area contributed by atoms with Crippen molar-refractivity contribution in [1.82, 2.24) is 24.8 Å². The highest BCUT2D eigenvalue weighted by Gasteiger charge is 2.19. The third-order valence-electron chi connectivity index (χ3n) is 4.16. The van der Waals surface area contributed by atoms with Crippen molar-refractivity contribution in [3.63, 3.8) is 0 Å². The van der Waals surface area contributed by atoms with Crippen LogP contribution in [0.3, 0.4) is 0 Å². The number of aromatic nitrogens is 5. The fraction of sp³-hybridized carbons (Fsp3) is 0.105. The molecule has 2 heterocycles. The van der Waals surface area contributed by atoms with Crippen LogP contribution in [0, 0.1) is 22.7 Å². The predicted molar refractivity (Wildman–Crippen MR) is 98.7 cm³/mol. The molecule has 0 aliphatic heterocycles. The fourth-order valence-electron chi connectivity index (χ4n) is 2.91. The molecule has 0 aliphatic carbocycles. The van der Waals surface area contributed by atoms with Crippen molar-refractivity contribution in [1.29, 1.82) is 10.5 Å². The van der Waals surface area contributed by atoms with Gasteiger partial charge in [0.2, 0.25) is 0 Å². The lowest BCUT2D eigenvalue weighted by molar-refractivity contribution is 0.649. The Morgan fingerprint density at radius 2 is 1.78 bits per heavy atom. The van der Waals surface area contributed by atoms with Crippen LogP contribution in [0.25, 0.3) is 16.7 Å². The molecule has 2 aromatic carbocycles. The quantitative estimate of drug-likeness (QED) is 0.590. The van der Waals surface area contributed by atoms with Crippen molar-refractivity contribution < 1.29 is 0 Å². The van der Waals surface area contributed by atoms with Gasteiger partial charge in [-0.3, -0.25) is 0 Å². The van der Waals surface area contributed by atoms with Gasteiger partial charge in [-0.05, 0) is 24.3 Å². The number of anilines is 1. The summed E-state index contributed by atoms with van der Waals surface area (Å²) in [4.78, 5) is 0. The van der Waals surface area contributed by atoms with Gasteiger partial charge in [0.1, 0.15) is 24.1 Å². The van der Waals surface area contributed by atoms with Crippen molar-refractivity contribution in [2.45, 2.75) is 13.1 Å². The molecule has 0 fully saturated rings. The maximum Gasteiger partial charge on any atom is 0.169 e. The molecule has 0 radical (unpaired) electrons. The van der Waals surface area contributed by atoms with Crippen LogP contribution in [0.2, 0.25) is 0 Å². The van der Waals surface area contributed by atoms with Gasteiger partial charge in [0.05, 0.1) is 23.7 Å². The highest BCUT2D eigenvalue weighted by molar-refractivity contribution is 5.73. The van der Waals surface area contributed by atoms with Crippen LogP contribution in [-0.2, 0) is 13.1 Å². The van der Waals surface area contributed by atoms with Crippen LogP contribution in [0.4, 0.5) is 5.82 Å². The van der Waals surface area contributed by atoms with E-state index in [0.29, 0.717) is 18.1 Å². The van der Waals surface area contributed by atoms with Gasteiger partial charge in [-0.2, -0.15) is 15.6 Å². The summed E-state index contributed by atoms with van der Waals surface area (Å²) in [5, 5.41) is 34.6. The van der Waals surface area contributed by atoms with Gasteiger partial charge in [0.25, 0.3) is 0 Å². The van der Waals surface area contributed by atoms with Gasteiger partial charge in [-0.1, -0.05) is 35.5 Å². The zero-order chi connectivity index (χ0) is 18.6. The van der Waals surface area contributed by atoms with E-state index in [0.717, 1.165) is 16.7 Å². The first-order valence-electron chi connectivity index (χ1n) is 8.28. The van der Waals surface area contributed by atoms with Crippen LogP contribution >= 0.6 is 0 Å². The second-order valence-corrected chi connectivity index (χ2v) is 5.78. The molecule has 0 atom stereocenters. The number of nitrogens with one attached hydrogen (secondary N) is 1. The molecule has 1 N–H and O–H groups in total. The van der Waals surface area contributed by atoms with Crippen molar-refractivity contribution in [3.05, 3.63) is 65.9 Å². The molecule has 2 aromatic heterocycles. The molecular formula is C19H14N8. The van der Waals surface area contributed by atoms with E-state index in [-0.39, 0.29) is 12.1 Å². The van der Waals surface area contributed by atoms with Gasteiger partial charge in [0.15, 0.2) is 5.69 Å². The van der Waals surface area contributed by atoms with Crippen LogP contribution < -0.4 is 5.32 Å². The molecule has 27 heavy (non-hydrogen) atoms. The zero-order valence-electron chi connectivity index (χ0n) is 14.2.